The molecule has 0 radical (unpaired) electrons. The van der Waals surface area contributed by atoms with Gasteiger partial charge in [-0.25, -0.2) is 0 Å². The SMILES string of the molecule is CNCCC#Cc1ccc(N)c(O)c1. The topological polar surface area (TPSA) is 58.3 Å². The van der Waals surface area contributed by atoms with E-state index in [-0.39, 0.29) is 5.75 Å². The van der Waals surface area contributed by atoms with Crippen molar-refractivity contribution in [1.82, 2.24) is 5.32 Å². The highest BCUT2D eigenvalue weighted by Crippen LogP contribution is 2.19. The van der Waals surface area contributed by atoms with Gasteiger partial charge in [0.05, 0.1) is 5.69 Å². The summed E-state index contributed by atoms with van der Waals surface area (Å²) in [6.45, 7) is 0.869. The van der Waals surface area contributed by atoms with Gasteiger partial charge in [0.2, 0.25) is 0 Å². The van der Waals surface area contributed by atoms with Gasteiger partial charge in [0, 0.05) is 18.5 Å². The lowest BCUT2D eigenvalue weighted by Gasteiger charge is -1.97. The van der Waals surface area contributed by atoms with E-state index in [4.69, 9.17) is 5.73 Å². The van der Waals surface area contributed by atoms with Gasteiger partial charge in [0.25, 0.3) is 0 Å². The van der Waals surface area contributed by atoms with Crippen LogP contribution in [-0.2, 0) is 0 Å². The van der Waals surface area contributed by atoms with Crippen molar-refractivity contribution in [3.8, 4) is 17.6 Å². The Balaban J connectivity index is 2.66. The van der Waals surface area contributed by atoms with E-state index in [1.807, 2.05) is 7.05 Å². The van der Waals surface area contributed by atoms with Crippen LogP contribution in [0.25, 0.3) is 0 Å². The first kappa shape index (κ1) is 10.4. The van der Waals surface area contributed by atoms with Gasteiger partial charge in [0.15, 0.2) is 0 Å². The smallest absolute Gasteiger partial charge is 0.139 e. The molecule has 1 aromatic carbocycles. The molecule has 1 aromatic rings. The van der Waals surface area contributed by atoms with E-state index in [1.165, 1.54) is 0 Å². The number of benzene rings is 1. The Morgan fingerprint density at radius 1 is 1.50 bits per heavy atom. The molecule has 0 spiro atoms. The molecule has 0 saturated carbocycles. The molecule has 74 valence electrons. The lowest BCUT2D eigenvalue weighted by Crippen LogP contribution is -2.05. The Kier molecular flexibility index (Phi) is 3.84. The first-order valence-corrected chi connectivity index (χ1v) is 4.46. The molecule has 3 nitrogen and oxygen atoms in total. The summed E-state index contributed by atoms with van der Waals surface area (Å²) < 4.78 is 0. The predicted molar refractivity (Wildman–Crippen MR) is 57.9 cm³/mol. The van der Waals surface area contributed by atoms with Crippen molar-refractivity contribution in [3.63, 3.8) is 0 Å². The summed E-state index contributed by atoms with van der Waals surface area (Å²) in [5, 5.41) is 12.3. The van der Waals surface area contributed by atoms with Crippen LogP contribution < -0.4 is 11.1 Å². The zero-order valence-electron chi connectivity index (χ0n) is 8.17. The normalized spacial score (nSPS) is 9.21. The number of phenols is 1. The largest absolute Gasteiger partial charge is 0.506 e. The van der Waals surface area contributed by atoms with E-state index in [2.05, 4.69) is 17.2 Å². The fourth-order valence-electron chi connectivity index (χ4n) is 0.973. The van der Waals surface area contributed by atoms with Crippen LogP contribution in [0.15, 0.2) is 18.2 Å². The van der Waals surface area contributed by atoms with Crippen LogP contribution in [0.3, 0.4) is 0 Å². The number of anilines is 1. The van der Waals surface area contributed by atoms with E-state index in [0.717, 1.165) is 18.5 Å². The second-order valence-electron chi connectivity index (χ2n) is 2.93. The van der Waals surface area contributed by atoms with Gasteiger partial charge >= 0.3 is 0 Å². The Labute approximate surface area is 83.9 Å². The molecule has 0 aliphatic heterocycles. The molecule has 0 aliphatic rings. The molecule has 0 unspecified atom stereocenters. The second kappa shape index (κ2) is 5.15. The van der Waals surface area contributed by atoms with Crippen molar-refractivity contribution in [3.05, 3.63) is 23.8 Å². The van der Waals surface area contributed by atoms with E-state index in [0.29, 0.717) is 5.69 Å². The fourth-order valence-corrected chi connectivity index (χ4v) is 0.973. The molecule has 0 fully saturated rings. The standard InChI is InChI=1S/C11H14N2O/c1-13-7-3-2-4-9-5-6-10(12)11(14)8-9/h5-6,8,13-14H,3,7,12H2,1H3. The average Bonchev–Trinajstić information content (AvgIpc) is 2.18. The molecule has 0 bridgehead atoms. The molecular weight excluding hydrogens is 176 g/mol. The lowest BCUT2D eigenvalue weighted by molar-refractivity contribution is 0.478. The third-order valence-corrected chi connectivity index (χ3v) is 1.76. The lowest BCUT2D eigenvalue weighted by atomic mass is 10.2. The number of nitrogens with one attached hydrogen (secondary N) is 1. The van der Waals surface area contributed by atoms with Crippen molar-refractivity contribution < 1.29 is 5.11 Å². The van der Waals surface area contributed by atoms with Crippen LogP contribution >= 0.6 is 0 Å². The highest BCUT2D eigenvalue weighted by atomic mass is 16.3. The minimum Gasteiger partial charge on any atom is -0.506 e. The molecule has 1 rings (SSSR count). The monoisotopic (exact) mass is 190 g/mol. The maximum absolute atomic E-state index is 9.30. The van der Waals surface area contributed by atoms with Crippen molar-refractivity contribution in [1.29, 1.82) is 0 Å². The molecule has 3 heteroatoms. The van der Waals surface area contributed by atoms with Crippen LogP contribution in [0, 0.1) is 11.8 Å². The van der Waals surface area contributed by atoms with Crippen LogP contribution in [0.2, 0.25) is 0 Å². The molecule has 4 N–H and O–H groups in total. The zero-order chi connectivity index (χ0) is 10.4. The van der Waals surface area contributed by atoms with E-state index in [9.17, 15) is 5.11 Å². The second-order valence-corrected chi connectivity index (χ2v) is 2.93. The minimum absolute atomic E-state index is 0.0883. The fraction of sp³-hybridized carbons (Fsp3) is 0.273. The Hall–Kier alpha value is -1.66. The van der Waals surface area contributed by atoms with E-state index < -0.39 is 0 Å². The van der Waals surface area contributed by atoms with Crippen LogP contribution in [0.5, 0.6) is 5.75 Å². The number of nitrogen functional groups attached to an aromatic ring is 1. The maximum Gasteiger partial charge on any atom is 0.139 e. The summed E-state index contributed by atoms with van der Waals surface area (Å²) >= 11 is 0. The molecule has 0 saturated heterocycles. The molecule has 0 amide bonds. The van der Waals surface area contributed by atoms with Gasteiger partial charge < -0.3 is 16.2 Å². The summed E-state index contributed by atoms with van der Waals surface area (Å²) in [5.41, 5.74) is 6.62. The first-order valence-electron chi connectivity index (χ1n) is 4.46. The van der Waals surface area contributed by atoms with Gasteiger partial charge in [-0.1, -0.05) is 11.8 Å². The number of hydrogen-bond donors (Lipinski definition) is 3. The summed E-state index contributed by atoms with van der Waals surface area (Å²) in [5.74, 6) is 6.02. The number of phenolic OH excluding ortho intramolecular Hbond substituents is 1. The number of hydrogen-bond acceptors (Lipinski definition) is 3. The van der Waals surface area contributed by atoms with Crippen LogP contribution in [0.1, 0.15) is 12.0 Å². The minimum atomic E-state index is 0.0883. The third-order valence-electron chi connectivity index (χ3n) is 1.76. The quantitative estimate of drug-likeness (QED) is 0.281. The number of aromatic hydroxyl groups is 1. The Bertz CT molecular complexity index is 363. The molecule has 0 aliphatic carbocycles. The van der Waals surface area contributed by atoms with Gasteiger partial charge in [-0.05, 0) is 25.2 Å². The third kappa shape index (κ3) is 3.00. The van der Waals surface area contributed by atoms with Gasteiger partial charge in [-0.3, -0.25) is 0 Å². The average molecular weight is 190 g/mol. The maximum atomic E-state index is 9.30. The van der Waals surface area contributed by atoms with E-state index >= 15 is 0 Å². The molecule has 14 heavy (non-hydrogen) atoms. The van der Waals surface area contributed by atoms with Crippen molar-refractivity contribution in [2.75, 3.05) is 19.3 Å². The Morgan fingerprint density at radius 2 is 2.29 bits per heavy atom. The molecule has 0 aromatic heterocycles. The van der Waals surface area contributed by atoms with Crippen LogP contribution in [-0.4, -0.2) is 18.7 Å². The summed E-state index contributed by atoms with van der Waals surface area (Å²) in [6, 6.07) is 5.01. The zero-order valence-corrected chi connectivity index (χ0v) is 8.17. The molecular formula is C11H14N2O. The highest BCUT2D eigenvalue weighted by Gasteiger charge is 1.95. The summed E-state index contributed by atoms with van der Waals surface area (Å²) in [4.78, 5) is 0. The molecule has 0 heterocycles. The van der Waals surface area contributed by atoms with Gasteiger partial charge in [-0.2, -0.15) is 0 Å². The number of rotatable bonds is 2. The molecule has 0 atom stereocenters. The van der Waals surface area contributed by atoms with Crippen molar-refractivity contribution in [2.45, 2.75) is 6.42 Å². The van der Waals surface area contributed by atoms with E-state index in [1.54, 1.807) is 18.2 Å². The van der Waals surface area contributed by atoms with Crippen LogP contribution in [0.4, 0.5) is 5.69 Å². The van der Waals surface area contributed by atoms with Gasteiger partial charge in [-0.15, -0.1) is 0 Å². The predicted octanol–water partition coefficient (Wildman–Crippen LogP) is 0.935. The summed E-state index contributed by atoms with van der Waals surface area (Å²) in [7, 11) is 1.89. The Morgan fingerprint density at radius 3 is 2.93 bits per heavy atom. The summed E-state index contributed by atoms with van der Waals surface area (Å²) in [6.07, 6.45) is 0.793. The number of nitrogens with two attached hydrogens (primary N) is 1. The first-order chi connectivity index (χ1) is 6.74. The van der Waals surface area contributed by atoms with Gasteiger partial charge in [0.1, 0.15) is 5.75 Å². The highest BCUT2D eigenvalue weighted by molar-refractivity contribution is 5.55. The van der Waals surface area contributed by atoms with Crippen molar-refractivity contribution >= 4 is 5.69 Å². The van der Waals surface area contributed by atoms with Crippen molar-refractivity contribution in [2.24, 2.45) is 0 Å².